The zero-order chi connectivity index (χ0) is 12.8. The number of hydrogen-bond donors (Lipinski definition) is 2. The van der Waals surface area contributed by atoms with Crippen molar-refractivity contribution < 1.29 is 10.2 Å². The van der Waals surface area contributed by atoms with E-state index < -0.39 is 11.7 Å². The number of aliphatic hydroxyl groups is 2. The summed E-state index contributed by atoms with van der Waals surface area (Å²) >= 11 is 0. The summed E-state index contributed by atoms with van der Waals surface area (Å²) in [7, 11) is 0. The van der Waals surface area contributed by atoms with Crippen molar-refractivity contribution in [1.82, 2.24) is 0 Å². The van der Waals surface area contributed by atoms with Gasteiger partial charge in [0, 0.05) is 5.92 Å². The third kappa shape index (κ3) is 1.02. The van der Waals surface area contributed by atoms with Crippen molar-refractivity contribution >= 4 is 0 Å². The molecule has 3 unspecified atom stereocenters. The number of aliphatic hydroxyl groups excluding tert-OH is 1. The number of hydrogen-bond acceptors (Lipinski definition) is 2. The highest BCUT2D eigenvalue weighted by Crippen LogP contribution is 2.76. The van der Waals surface area contributed by atoms with E-state index in [1.165, 1.54) is 12.8 Å². The molecule has 0 amide bonds. The minimum Gasteiger partial charge on any atom is -0.390 e. The molecule has 2 N–H and O–H groups in total. The summed E-state index contributed by atoms with van der Waals surface area (Å²) in [6.45, 7) is 11.1. The Morgan fingerprint density at radius 1 is 1.06 bits per heavy atom. The van der Waals surface area contributed by atoms with Crippen LogP contribution in [0.5, 0.6) is 0 Å². The first-order chi connectivity index (χ1) is 7.66. The summed E-state index contributed by atoms with van der Waals surface area (Å²) in [4.78, 5) is 0. The number of fused-ring (bicyclic) bond motifs is 3. The molecule has 0 aliphatic heterocycles. The van der Waals surface area contributed by atoms with E-state index in [0.29, 0.717) is 17.8 Å². The van der Waals surface area contributed by atoms with Gasteiger partial charge < -0.3 is 10.2 Å². The van der Waals surface area contributed by atoms with Crippen molar-refractivity contribution in [2.24, 2.45) is 34.5 Å². The molecule has 17 heavy (non-hydrogen) atoms. The molecule has 0 aromatic heterocycles. The largest absolute Gasteiger partial charge is 0.390 e. The lowest BCUT2D eigenvalue weighted by Crippen LogP contribution is -2.68. The van der Waals surface area contributed by atoms with E-state index in [0.717, 1.165) is 0 Å². The molecule has 0 aromatic rings. The molecular formula is C15H26O2. The van der Waals surface area contributed by atoms with Crippen LogP contribution in [-0.2, 0) is 0 Å². The van der Waals surface area contributed by atoms with Crippen LogP contribution in [0.4, 0.5) is 0 Å². The smallest absolute Gasteiger partial charge is 0.0917 e. The average molecular weight is 238 g/mol. The predicted octanol–water partition coefficient (Wildman–Crippen LogP) is 2.44. The summed E-state index contributed by atoms with van der Waals surface area (Å²) in [6, 6.07) is 0. The Kier molecular flexibility index (Phi) is 2.05. The van der Waals surface area contributed by atoms with Crippen LogP contribution in [0.1, 0.15) is 47.5 Å². The minimum atomic E-state index is -0.874. The Morgan fingerprint density at radius 3 is 2.24 bits per heavy atom. The third-order valence-corrected chi connectivity index (χ3v) is 7.05. The summed E-state index contributed by atoms with van der Waals surface area (Å²) in [6.07, 6.45) is 2.02. The Labute approximate surface area is 104 Å². The first-order valence-electron chi connectivity index (χ1n) is 7.06. The number of rotatable bonds is 0. The van der Waals surface area contributed by atoms with Gasteiger partial charge in [-0.2, -0.15) is 0 Å². The molecule has 0 aromatic carbocycles. The van der Waals surface area contributed by atoms with Crippen molar-refractivity contribution in [3.8, 4) is 0 Å². The van der Waals surface area contributed by atoms with Crippen LogP contribution in [0.15, 0.2) is 0 Å². The molecule has 3 saturated carbocycles. The molecule has 3 rings (SSSR count). The van der Waals surface area contributed by atoms with Gasteiger partial charge in [-0.1, -0.05) is 27.7 Å². The van der Waals surface area contributed by atoms with E-state index in [1.807, 2.05) is 6.92 Å². The second kappa shape index (κ2) is 2.91. The lowest BCUT2D eigenvalue weighted by Gasteiger charge is -2.59. The molecule has 98 valence electrons. The van der Waals surface area contributed by atoms with Gasteiger partial charge in [0.1, 0.15) is 0 Å². The fraction of sp³-hybridized carbons (Fsp3) is 1.00. The molecule has 0 bridgehead atoms. The van der Waals surface area contributed by atoms with Crippen molar-refractivity contribution in [3.63, 3.8) is 0 Å². The summed E-state index contributed by atoms with van der Waals surface area (Å²) in [5, 5.41) is 20.9. The quantitative estimate of drug-likeness (QED) is 0.680. The first-order valence-corrected chi connectivity index (χ1v) is 7.06. The zero-order valence-corrected chi connectivity index (χ0v) is 11.7. The summed E-state index contributed by atoms with van der Waals surface area (Å²) < 4.78 is 0. The fourth-order valence-electron chi connectivity index (χ4n) is 6.22. The fourth-order valence-corrected chi connectivity index (χ4v) is 6.22. The molecule has 2 nitrogen and oxygen atoms in total. The van der Waals surface area contributed by atoms with Gasteiger partial charge in [0.25, 0.3) is 0 Å². The van der Waals surface area contributed by atoms with E-state index in [1.54, 1.807) is 0 Å². The average Bonchev–Trinajstić information content (AvgIpc) is 2.59. The van der Waals surface area contributed by atoms with E-state index in [4.69, 9.17) is 0 Å². The van der Waals surface area contributed by atoms with Crippen LogP contribution in [0.2, 0.25) is 0 Å². The minimum absolute atomic E-state index is 0.160. The van der Waals surface area contributed by atoms with E-state index in [-0.39, 0.29) is 16.7 Å². The van der Waals surface area contributed by atoms with Crippen LogP contribution in [0.25, 0.3) is 0 Å². The predicted molar refractivity (Wildman–Crippen MR) is 67.4 cm³/mol. The van der Waals surface area contributed by atoms with E-state index in [2.05, 4.69) is 27.7 Å². The van der Waals surface area contributed by atoms with Crippen molar-refractivity contribution in [1.29, 1.82) is 0 Å². The van der Waals surface area contributed by atoms with Gasteiger partial charge in [0.05, 0.1) is 11.7 Å². The van der Waals surface area contributed by atoms with Crippen LogP contribution in [0, 0.1) is 34.5 Å². The van der Waals surface area contributed by atoms with Crippen LogP contribution < -0.4 is 0 Å². The summed E-state index contributed by atoms with van der Waals surface area (Å²) in [5.41, 5.74) is -0.482. The standard InChI is InChI=1S/C15H26O2/c1-8-6-7-9-13(2,3)11-10(14(8,9)4)12(16)15(11,5)17/h8-12,16-17H,6-7H2,1-5H3/t8?,9?,10-,11?,12+,14-,15-/m1/s1. The molecular weight excluding hydrogens is 212 g/mol. The van der Waals surface area contributed by atoms with Gasteiger partial charge >= 0.3 is 0 Å². The maximum Gasteiger partial charge on any atom is 0.0917 e. The molecule has 7 atom stereocenters. The highest BCUT2D eigenvalue weighted by atomic mass is 16.3. The van der Waals surface area contributed by atoms with Crippen LogP contribution in [0.3, 0.4) is 0 Å². The second-order valence-corrected chi connectivity index (χ2v) is 7.89. The molecule has 0 radical (unpaired) electrons. The zero-order valence-electron chi connectivity index (χ0n) is 11.7. The van der Waals surface area contributed by atoms with Crippen molar-refractivity contribution in [3.05, 3.63) is 0 Å². The first kappa shape index (κ1) is 12.0. The van der Waals surface area contributed by atoms with Gasteiger partial charge in [-0.3, -0.25) is 0 Å². The lowest BCUT2D eigenvalue weighted by atomic mass is 9.51. The lowest BCUT2D eigenvalue weighted by molar-refractivity contribution is -0.254. The van der Waals surface area contributed by atoms with Crippen LogP contribution in [-0.4, -0.2) is 21.9 Å². The Hall–Kier alpha value is -0.0800. The molecule has 2 heteroatoms. The van der Waals surface area contributed by atoms with Crippen molar-refractivity contribution in [2.45, 2.75) is 59.2 Å². The maximum absolute atomic E-state index is 10.5. The highest BCUT2D eigenvalue weighted by molar-refractivity contribution is 5.26. The maximum atomic E-state index is 10.5. The SMILES string of the molecule is CC1CCC2C(C)(C)C3[C@H]([C@H](O)[C@]3(C)O)[C@]12C. The highest BCUT2D eigenvalue weighted by Gasteiger charge is 2.77. The molecule has 3 fully saturated rings. The second-order valence-electron chi connectivity index (χ2n) is 7.89. The van der Waals surface area contributed by atoms with Gasteiger partial charge in [0.2, 0.25) is 0 Å². The Balaban J connectivity index is 2.10. The third-order valence-electron chi connectivity index (χ3n) is 7.05. The Bertz CT molecular complexity index is 360. The summed E-state index contributed by atoms with van der Waals surface area (Å²) in [5.74, 6) is 1.90. The molecule has 3 aliphatic rings. The van der Waals surface area contributed by atoms with Gasteiger partial charge in [-0.05, 0) is 48.3 Å². The Morgan fingerprint density at radius 2 is 1.65 bits per heavy atom. The monoisotopic (exact) mass is 238 g/mol. The van der Waals surface area contributed by atoms with E-state index in [9.17, 15) is 10.2 Å². The van der Waals surface area contributed by atoms with Gasteiger partial charge in [0.15, 0.2) is 0 Å². The van der Waals surface area contributed by atoms with Gasteiger partial charge in [-0.15, -0.1) is 0 Å². The molecule has 0 saturated heterocycles. The van der Waals surface area contributed by atoms with E-state index >= 15 is 0 Å². The van der Waals surface area contributed by atoms with Crippen LogP contribution >= 0.6 is 0 Å². The molecule has 3 aliphatic carbocycles. The van der Waals surface area contributed by atoms with Crippen molar-refractivity contribution in [2.75, 3.05) is 0 Å². The molecule has 0 heterocycles. The topological polar surface area (TPSA) is 40.5 Å². The van der Waals surface area contributed by atoms with Gasteiger partial charge in [-0.25, -0.2) is 0 Å². The normalized spacial score (nSPS) is 64.1. The molecule has 0 spiro atoms.